The lowest BCUT2D eigenvalue weighted by atomic mass is 9.92. The molecule has 1 aliphatic rings. The molecule has 1 aliphatic heterocycles. The number of carboxylic acids is 1. The number of carbonyl (C=O) groups is 1. The molecule has 1 aromatic rings. The van der Waals surface area contributed by atoms with Crippen molar-refractivity contribution in [3.05, 3.63) is 29.8 Å². The second-order valence-corrected chi connectivity index (χ2v) is 5.02. The van der Waals surface area contributed by atoms with E-state index >= 15 is 0 Å². The van der Waals surface area contributed by atoms with Crippen LogP contribution in [0.5, 0.6) is 0 Å². The van der Waals surface area contributed by atoms with Crippen LogP contribution >= 0.6 is 0 Å². The number of anilines is 1. The molecular formula is C15H18N2O2. The van der Waals surface area contributed by atoms with E-state index in [-0.39, 0.29) is 6.42 Å². The van der Waals surface area contributed by atoms with E-state index in [1.807, 2.05) is 24.3 Å². The molecule has 4 heteroatoms. The van der Waals surface area contributed by atoms with Gasteiger partial charge in [-0.1, -0.05) is 12.1 Å². The van der Waals surface area contributed by atoms with E-state index in [1.165, 1.54) is 0 Å². The van der Waals surface area contributed by atoms with Gasteiger partial charge in [0.25, 0.3) is 0 Å². The third-order valence-corrected chi connectivity index (χ3v) is 3.65. The smallest absolute Gasteiger partial charge is 0.303 e. The first-order valence-corrected chi connectivity index (χ1v) is 6.66. The number of nitrogens with zero attached hydrogens (tertiary/aromatic N) is 2. The van der Waals surface area contributed by atoms with E-state index in [0.29, 0.717) is 11.5 Å². The summed E-state index contributed by atoms with van der Waals surface area (Å²) < 4.78 is 0. The van der Waals surface area contributed by atoms with Gasteiger partial charge in [0, 0.05) is 19.5 Å². The van der Waals surface area contributed by atoms with Crippen molar-refractivity contribution in [1.29, 1.82) is 5.26 Å². The van der Waals surface area contributed by atoms with Gasteiger partial charge in [0.2, 0.25) is 0 Å². The Morgan fingerprint density at radius 3 is 3.00 bits per heavy atom. The number of hydrogen-bond donors (Lipinski definition) is 1. The van der Waals surface area contributed by atoms with Crippen molar-refractivity contribution >= 4 is 11.7 Å². The second kappa shape index (κ2) is 6.24. The summed E-state index contributed by atoms with van der Waals surface area (Å²) in [6.07, 6.45) is 3.10. The number of aliphatic carboxylic acids is 1. The van der Waals surface area contributed by atoms with Crippen molar-refractivity contribution in [2.75, 3.05) is 18.0 Å². The van der Waals surface area contributed by atoms with E-state index in [2.05, 4.69) is 11.0 Å². The van der Waals surface area contributed by atoms with Gasteiger partial charge in [-0.15, -0.1) is 0 Å². The Hall–Kier alpha value is -2.02. The number of hydrogen-bond acceptors (Lipinski definition) is 3. The molecule has 1 heterocycles. The highest BCUT2D eigenvalue weighted by Crippen LogP contribution is 2.27. The quantitative estimate of drug-likeness (QED) is 0.901. The Morgan fingerprint density at radius 2 is 2.26 bits per heavy atom. The Kier molecular flexibility index (Phi) is 4.40. The summed E-state index contributed by atoms with van der Waals surface area (Å²) in [5, 5.41) is 17.9. The molecule has 0 bridgehead atoms. The topological polar surface area (TPSA) is 64.3 Å². The fourth-order valence-corrected chi connectivity index (χ4v) is 2.69. The minimum Gasteiger partial charge on any atom is -0.481 e. The Labute approximate surface area is 113 Å². The molecule has 2 rings (SSSR count). The monoisotopic (exact) mass is 258 g/mol. The molecule has 1 unspecified atom stereocenters. The van der Waals surface area contributed by atoms with Crippen LogP contribution in [0.2, 0.25) is 0 Å². The fraction of sp³-hybridized carbons (Fsp3) is 0.467. The van der Waals surface area contributed by atoms with Crippen LogP contribution in [0.4, 0.5) is 5.69 Å². The minimum absolute atomic E-state index is 0.235. The van der Waals surface area contributed by atoms with Gasteiger partial charge in [-0.3, -0.25) is 4.79 Å². The summed E-state index contributed by atoms with van der Waals surface area (Å²) in [7, 11) is 0. The van der Waals surface area contributed by atoms with E-state index in [0.717, 1.165) is 38.0 Å². The molecule has 1 saturated heterocycles. The van der Waals surface area contributed by atoms with Crippen molar-refractivity contribution in [2.24, 2.45) is 5.92 Å². The van der Waals surface area contributed by atoms with Crippen LogP contribution in [0.25, 0.3) is 0 Å². The highest BCUT2D eigenvalue weighted by atomic mass is 16.4. The molecule has 0 amide bonds. The molecule has 1 fully saturated rings. The second-order valence-electron chi connectivity index (χ2n) is 5.02. The van der Waals surface area contributed by atoms with E-state index in [4.69, 9.17) is 10.4 Å². The van der Waals surface area contributed by atoms with E-state index in [1.54, 1.807) is 0 Å². The molecule has 0 spiro atoms. The summed E-state index contributed by atoms with van der Waals surface area (Å²) in [5.41, 5.74) is 1.67. The first kappa shape index (κ1) is 13.4. The molecule has 1 atom stereocenters. The molecule has 4 nitrogen and oxygen atoms in total. The molecule has 0 aliphatic carbocycles. The standard InChI is InChI=1S/C15H18N2O2/c16-10-13-5-1-2-6-14(13)17-9-3-4-12(11-17)7-8-15(18)19/h1-2,5-6,12H,3-4,7-9,11H2,(H,18,19). The van der Waals surface area contributed by atoms with Gasteiger partial charge in [0.05, 0.1) is 11.3 Å². The van der Waals surface area contributed by atoms with E-state index < -0.39 is 5.97 Å². The largest absolute Gasteiger partial charge is 0.481 e. The highest BCUT2D eigenvalue weighted by Gasteiger charge is 2.22. The number of nitriles is 1. The summed E-state index contributed by atoms with van der Waals surface area (Å²) in [6, 6.07) is 9.83. The van der Waals surface area contributed by atoms with Crippen LogP contribution in [0.15, 0.2) is 24.3 Å². The fourth-order valence-electron chi connectivity index (χ4n) is 2.69. The van der Waals surface area contributed by atoms with Crippen molar-refractivity contribution in [2.45, 2.75) is 25.7 Å². The third kappa shape index (κ3) is 3.47. The van der Waals surface area contributed by atoms with Crippen molar-refractivity contribution < 1.29 is 9.90 Å². The Morgan fingerprint density at radius 1 is 1.47 bits per heavy atom. The highest BCUT2D eigenvalue weighted by molar-refractivity contribution is 5.66. The summed E-state index contributed by atoms with van der Waals surface area (Å²) in [5.74, 6) is -0.314. The molecule has 19 heavy (non-hydrogen) atoms. The number of carboxylic acid groups (broad SMARTS) is 1. The SMILES string of the molecule is N#Cc1ccccc1N1CCCC(CCC(=O)O)C1. The number of benzene rings is 1. The predicted molar refractivity (Wildman–Crippen MR) is 73.0 cm³/mol. The summed E-state index contributed by atoms with van der Waals surface area (Å²) in [4.78, 5) is 12.9. The van der Waals surface area contributed by atoms with Gasteiger partial charge in [-0.05, 0) is 37.3 Å². The zero-order valence-electron chi connectivity index (χ0n) is 10.9. The minimum atomic E-state index is -0.727. The lowest BCUT2D eigenvalue weighted by Gasteiger charge is -2.34. The van der Waals surface area contributed by atoms with Gasteiger partial charge in [0.1, 0.15) is 6.07 Å². The van der Waals surface area contributed by atoms with Crippen LogP contribution in [0, 0.1) is 17.2 Å². The van der Waals surface area contributed by atoms with Crippen LogP contribution in [-0.4, -0.2) is 24.2 Å². The average molecular weight is 258 g/mol. The summed E-state index contributed by atoms with van der Waals surface area (Å²) in [6.45, 7) is 1.80. The van der Waals surface area contributed by atoms with Crippen molar-refractivity contribution in [1.82, 2.24) is 0 Å². The zero-order chi connectivity index (χ0) is 13.7. The summed E-state index contributed by atoms with van der Waals surface area (Å²) >= 11 is 0. The lowest BCUT2D eigenvalue weighted by molar-refractivity contribution is -0.137. The van der Waals surface area contributed by atoms with Gasteiger partial charge in [0.15, 0.2) is 0 Å². The first-order valence-electron chi connectivity index (χ1n) is 6.66. The van der Waals surface area contributed by atoms with Gasteiger partial charge >= 0.3 is 5.97 Å². The van der Waals surface area contributed by atoms with Crippen LogP contribution in [0.3, 0.4) is 0 Å². The van der Waals surface area contributed by atoms with Crippen molar-refractivity contribution in [3.8, 4) is 6.07 Å². The maximum absolute atomic E-state index is 10.6. The number of piperidine rings is 1. The first-order chi connectivity index (χ1) is 9.20. The number of para-hydroxylation sites is 1. The van der Waals surface area contributed by atoms with E-state index in [9.17, 15) is 4.79 Å². The Balaban J connectivity index is 2.04. The molecule has 1 N–H and O–H groups in total. The van der Waals surface area contributed by atoms with Crippen molar-refractivity contribution in [3.63, 3.8) is 0 Å². The van der Waals surface area contributed by atoms with Crippen LogP contribution in [0.1, 0.15) is 31.2 Å². The molecule has 100 valence electrons. The molecular weight excluding hydrogens is 240 g/mol. The van der Waals surface area contributed by atoms with Gasteiger partial charge < -0.3 is 10.0 Å². The lowest BCUT2D eigenvalue weighted by Crippen LogP contribution is -2.36. The predicted octanol–water partition coefficient (Wildman–Crippen LogP) is 2.64. The molecule has 0 radical (unpaired) electrons. The van der Waals surface area contributed by atoms with Crippen LogP contribution in [-0.2, 0) is 4.79 Å². The maximum Gasteiger partial charge on any atom is 0.303 e. The van der Waals surface area contributed by atoms with Gasteiger partial charge in [-0.25, -0.2) is 0 Å². The molecule has 1 aromatic carbocycles. The third-order valence-electron chi connectivity index (χ3n) is 3.65. The molecule has 0 aromatic heterocycles. The average Bonchev–Trinajstić information content (AvgIpc) is 2.45. The molecule has 0 saturated carbocycles. The van der Waals surface area contributed by atoms with Crippen LogP contribution < -0.4 is 4.90 Å². The zero-order valence-corrected chi connectivity index (χ0v) is 10.9. The maximum atomic E-state index is 10.6. The van der Waals surface area contributed by atoms with Gasteiger partial charge in [-0.2, -0.15) is 5.26 Å². The normalized spacial score (nSPS) is 18.9. The Bertz CT molecular complexity index is 493. The number of rotatable bonds is 4.